The van der Waals surface area contributed by atoms with Gasteiger partial charge in [-0.2, -0.15) is 0 Å². The Morgan fingerprint density at radius 3 is 2.21 bits per heavy atom. The summed E-state index contributed by atoms with van der Waals surface area (Å²) in [5.74, 6) is 0. The Balaban J connectivity index is 2.99. The summed E-state index contributed by atoms with van der Waals surface area (Å²) in [5, 5.41) is 2.79. The Labute approximate surface area is 85.6 Å². The van der Waals surface area contributed by atoms with Crippen LogP contribution in [0.3, 0.4) is 0 Å². The Hall–Kier alpha value is -1.30. The third-order valence-electron chi connectivity index (χ3n) is 3.21. The van der Waals surface area contributed by atoms with E-state index in [2.05, 4.69) is 52.0 Å². The highest BCUT2D eigenvalue weighted by Gasteiger charge is 2.05. The van der Waals surface area contributed by atoms with Gasteiger partial charge in [0.15, 0.2) is 0 Å². The van der Waals surface area contributed by atoms with Gasteiger partial charge in [0.25, 0.3) is 0 Å². The number of fused-ring (bicyclic) bond motifs is 1. The van der Waals surface area contributed by atoms with E-state index in [-0.39, 0.29) is 0 Å². The Morgan fingerprint density at radius 2 is 1.50 bits per heavy atom. The zero-order chi connectivity index (χ0) is 10.3. The minimum Gasteiger partial charge on any atom is -0.0614 e. The fourth-order valence-electron chi connectivity index (χ4n) is 2.15. The largest absolute Gasteiger partial charge is 0.0614 e. The Kier molecular flexibility index (Phi) is 2.07. The van der Waals surface area contributed by atoms with E-state index >= 15 is 0 Å². The SMILES string of the molecule is Cc1cc2cccc(C)c2c(C)c1C. The lowest BCUT2D eigenvalue weighted by atomic mass is 9.94. The summed E-state index contributed by atoms with van der Waals surface area (Å²) < 4.78 is 0. The molecule has 2 rings (SSSR count). The lowest BCUT2D eigenvalue weighted by Crippen LogP contribution is -1.90. The second-order valence-electron chi connectivity index (χ2n) is 4.12. The Bertz CT molecular complexity index is 493. The van der Waals surface area contributed by atoms with Crippen molar-refractivity contribution >= 4 is 10.8 Å². The topological polar surface area (TPSA) is 0 Å². The average molecular weight is 184 g/mol. The highest BCUT2D eigenvalue weighted by Crippen LogP contribution is 2.26. The first-order valence-corrected chi connectivity index (χ1v) is 5.07. The van der Waals surface area contributed by atoms with E-state index in [1.807, 2.05) is 0 Å². The van der Waals surface area contributed by atoms with Gasteiger partial charge < -0.3 is 0 Å². The monoisotopic (exact) mass is 184 g/mol. The summed E-state index contributed by atoms with van der Waals surface area (Å²) in [6.45, 7) is 8.79. The van der Waals surface area contributed by atoms with Crippen molar-refractivity contribution in [2.75, 3.05) is 0 Å². The van der Waals surface area contributed by atoms with Crippen molar-refractivity contribution in [2.45, 2.75) is 27.7 Å². The predicted molar refractivity (Wildman–Crippen MR) is 62.9 cm³/mol. The third kappa shape index (κ3) is 1.22. The number of aryl methyl sites for hydroxylation is 3. The third-order valence-corrected chi connectivity index (χ3v) is 3.21. The van der Waals surface area contributed by atoms with Crippen LogP contribution in [-0.4, -0.2) is 0 Å². The molecule has 0 bridgehead atoms. The van der Waals surface area contributed by atoms with Crippen LogP contribution in [0.1, 0.15) is 22.3 Å². The molecule has 0 aliphatic carbocycles. The molecule has 0 heterocycles. The minimum absolute atomic E-state index is 1.37. The van der Waals surface area contributed by atoms with Gasteiger partial charge in [-0.15, -0.1) is 0 Å². The smallest absolute Gasteiger partial charge is 0.0123 e. The van der Waals surface area contributed by atoms with E-state index in [4.69, 9.17) is 0 Å². The standard InChI is InChI=1S/C14H16/c1-9-6-5-7-13-8-10(2)11(3)12(4)14(9)13/h5-8H,1-4H3. The lowest BCUT2D eigenvalue weighted by Gasteiger charge is -2.11. The summed E-state index contributed by atoms with van der Waals surface area (Å²) in [7, 11) is 0. The van der Waals surface area contributed by atoms with Gasteiger partial charge in [0.1, 0.15) is 0 Å². The zero-order valence-corrected chi connectivity index (χ0v) is 9.31. The molecule has 0 saturated heterocycles. The first-order valence-electron chi connectivity index (χ1n) is 5.07. The molecule has 0 N–H and O–H groups in total. The second kappa shape index (κ2) is 3.13. The number of hydrogen-bond donors (Lipinski definition) is 0. The first kappa shape index (κ1) is 9.26. The van der Waals surface area contributed by atoms with E-state index in [9.17, 15) is 0 Å². The van der Waals surface area contributed by atoms with Gasteiger partial charge in [-0.3, -0.25) is 0 Å². The minimum atomic E-state index is 1.37. The highest BCUT2D eigenvalue weighted by atomic mass is 14.1. The fourth-order valence-corrected chi connectivity index (χ4v) is 2.15. The molecule has 0 aliphatic rings. The van der Waals surface area contributed by atoms with Crippen molar-refractivity contribution in [3.05, 3.63) is 46.5 Å². The van der Waals surface area contributed by atoms with E-state index < -0.39 is 0 Å². The van der Waals surface area contributed by atoms with Gasteiger partial charge in [-0.25, -0.2) is 0 Å². The van der Waals surface area contributed by atoms with E-state index in [1.165, 1.54) is 33.0 Å². The molecule has 0 spiro atoms. The number of hydrogen-bond acceptors (Lipinski definition) is 0. The summed E-state index contributed by atoms with van der Waals surface area (Å²) in [6, 6.07) is 8.79. The molecule has 0 aliphatic heterocycles. The van der Waals surface area contributed by atoms with Crippen LogP contribution in [0.2, 0.25) is 0 Å². The van der Waals surface area contributed by atoms with Gasteiger partial charge in [0.05, 0.1) is 0 Å². The van der Waals surface area contributed by atoms with Gasteiger partial charge in [-0.1, -0.05) is 24.3 Å². The van der Waals surface area contributed by atoms with Crippen molar-refractivity contribution < 1.29 is 0 Å². The van der Waals surface area contributed by atoms with Crippen LogP contribution >= 0.6 is 0 Å². The molecule has 14 heavy (non-hydrogen) atoms. The maximum Gasteiger partial charge on any atom is -0.0123 e. The highest BCUT2D eigenvalue weighted by molar-refractivity contribution is 5.90. The van der Waals surface area contributed by atoms with Gasteiger partial charge in [0, 0.05) is 0 Å². The molecule has 0 radical (unpaired) electrons. The molecule has 72 valence electrons. The second-order valence-corrected chi connectivity index (χ2v) is 4.12. The average Bonchev–Trinajstić information content (AvgIpc) is 2.14. The number of rotatable bonds is 0. The molecule has 0 nitrogen and oxygen atoms in total. The molecule has 2 aromatic carbocycles. The Morgan fingerprint density at radius 1 is 0.786 bits per heavy atom. The first-order chi connectivity index (χ1) is 6.61. The summed E-state index contributed by atoms with van der Waals surface area (Å²) in [4.78, 5) is 0. The molecule has 0 unspecified atom stereocenters. The molecule has 0 saturated carbocycles. The van der Waals surface area contributed by atoms with Crippen molar-refractivity contribution in [1.82, 2.24) is 0 Å². The predicted octanol–water partition coefficient (Wildman–Crippen LogP) is 4.07. The molecule has 0 amide bonds. The molecule has 2 aromatic rings. The number of benzene rings is 2. The quantitative estimate of drug-likeness (QED) is 0.579. The van der Waals surface area contributed by atoms with Crippen LogP contribution in [0.15, 0.2) is 24.3 Å². The van der Waals surface area contributed by atoms with Crippen molar-refractivity contribution in [1.29, 1.82) is 0 Å². The van der Waals surface area contributed by atoms with Crippen LogP contribution in [0, 0.1) is 27.7 Å². The van der Waals surface area contributed by atoms with E-state index in [0.29, 0.717) is 0 Å². The van der Waals surface area contributed by atoms with Crippen molar-refractivity contribution in [3.8, 4) is 0 Å². The van der Waals surface area contributed by atoms with Crippen molar-refractivity contribution in [2.24, 2.45) is 0 Å². The van der Waals surface area contributed by atoms with E-state index in [0.717, 1.165) is 0 Å². The summed E-state index contributed by atoms with van der Waals surface area (Å²) in [5.41, 5.74) is 5.62. The van der Waals surface area contributed by atoms with Gasteiger partial charge in [-0.05, 0) is 60.7 Å². The van der Waals surface area contributed by atoms with Crippen LogP contribution in [0.25, 0.3) is 10.8 Å². The van der Waals surface area contributed by atoms with Gasteiger partial charge in [0.2, 0.25) is 0 Å². The molecule has 0 fully saturated rings. The molecular weight excluding hydrogens is 168 g/mol. The molecule has 0 aromatic heterocycles. The summed E-state index contributed by atoms with van der Waals surface area (Å²) in [6.07, 6.45) is 0. The van der Waals surface area contributed by atoms with Crippen LogP contribution in [0.5, 0.6) is 0 Å². The summed E-state index contributed by atoms with van der Waals surface area (Å²) >= 11 is 0. The molecule has 0 heteroatoms. The maximum absolute atomic E-state index is 2.28. The van der Waals surface area contributed by atoms with Crippen LogP contribution in [0.4, 0.5) is 0 Å². The van der Waals surface area contributed by atoms with Crippen molar-refractivity contribution in [3.63, 3.8) is 0 Å². The normalized spacial score (nSPS) is 10.9. The van der Waals surface area contributed by atoms with E-state index in [1.54, 1.807) is 0 Å². The van der Waals surface area contributed by atoms with Gasteiger partial charge >= 0.3 is 0 Å². The fraction of sp³-hybridized carbons (Fsp3) is 0.286. The molecule has 0 atom stereocenters. The molecular formula is C14H16. The maximum atomic E-state index is 2.28. The lowest BCUT2D eigenvalue weighted by molar-refractivity contribution is 1.29. The van der Waals surface area contributed by atoms with Crippen LogP contribution < -0.4 is 0 Å². The van der Waals surface area contributed by atoms with Crippen LogP contribution in [-0.2, 0) is 0 Å². The zero-order valence-electron chi connectivity index (χ0n) is 9.31.